The van der Waals surface area contributed by atoms with E-state index >= 15 is 0 Å². The van der Waals surface area contributed by atoms with Gasteiger partial charge in [-0.2, -0.15) is 0 Å². The molecule has 0 amide bonds. The molecule has 0 radical (unpaired) electrons. The summed E-state index contributed by atoms with van der Waals surface area (Å²) in [6.45, 7) is 3.08. The third-order valence-corrected chi connectivity index (χ3v) is 3.16. The van der Waals surface area contributed by atoms with Crippen LogP contribution in [0.4, 0.5) is 5.82 Å². The Balaban J connectivity index is 1.95. The first kappa shape index (κ1) is 11.4. The Hall–Kier alpha value is -1.09. The molecule has 0 spiro atoms. The Morgan fingerprint density at radius 3 is 2.62 bits per heavy atom. The van der Waals surface area contributed by atoms with Gasteiger partial charge in [-0.15, -0.1) is 0 Å². The average molecular weight is 219 g/mol. The van der Waals surface area contributed by atoms with Gasteiger partial charge >= 0.3 is 0 Å². The van der Waals surface area contributed by atoms with E-state index in [2.05, 4.69) is 22.0 Å². The number of rotatable bonds is 4. The highest BCUT2D eigenvalue weighted by molar-refractivity contribution is 5.39. The third kappa shape index (κ3) is 2.95. The lowest BCUT2D eigenvalue weighted by molar-refractivity contribution is 0.573. The molecule has 2 N–H and O–H groups in total. The quantitative estimate of drug-likeness (QED) is 0.841. The van der Waals surface area contributed by atoms with Gasteiger partial charge < -0.3 is 10.6 Å². The van der Waals surface area contributed by atoms with Crippen molar-refractivity contribution in [2.75, 3.05) is 24.5 Å². The molecule has 1 fully saturated rings. The molecule has 1 aliphatic rings. The third-order valence-electron chi connectivity index (χ3n) is 3.16. The van der Waals surface area contributed by atoms with Gasteiger partial charge in [-0.1, -0.05) is 6.07 Å². The molecule has 0 bridgehead atoms. The summed E-state index contributed by atoms with van der Waals surface area (Å²) >= 11 is 0. The molecule has 0 saturated carbocycles. The minimum Gasteiger partial charge on any atom is -0.357 e. The van der Waals surface area contributed by atoms with Crippen molar-refractivity contribution in [3.63, 3.8) is 0 Å². The lowest BCUT2D eigenvalue weighted by atomic mass is 10.1. The van der Waals surface area contributed by atoms with E-state index in [-0.39, 0.29) is 0 Å². The van der Waals surface area contributed by atoms with Crippen molar-refractivity contribution in [3.05, 3.63) is 23.9 Å². The number of nitrogens with zero attached hydrogens (tertiary/aromatic N) is 2. The molecule has 1 aromatic rings. The van der Waals surface area contributed by atoms with E-state index in [0.717, 1.165) is 38.3 Å². The zero-order valence-corrected chi connectivity index (χ0v) is 9.86. The van der Waals surface area contributed by atoms with E-state index in [4.69, 9.17) is 5.73 Å². The number of nitrogens with two attached hydrogens (primary N) is 1. The van der Waals surface area contributed by atoms with Gasteiger partial charge in [-0.3, -0.25) is 0 Å². The van der Waals surface area contributed by atoms with E-state index in [1.807, 2.05) is 6.20 Å². The second-order valence-electron chi connectivity index (χ2n) is 4.46. The van der Waals surface area contributed by atoms with Crippen molar-refractivity contribution >= 4 is 5.82 Å². The first-order valence-corrected chi connectivity index (χ1v) is 6.30. The maximum atomic E-state index is 5.49. The highest BCUT2D eigenvalue weighted by Gasteiger charge is 2.11. The van der Waals surface area contributed by atoms with E-state index in [1.54, 1.807) is 0 Å². The molecular formula is C13H21N3. The fraction of sp³-hybridized carbons (Fsp3) is 0.615. The summed E-state index contributed by atoms with van der Waals surface area (Å²) in [4.78, 5) is 6.93. The van der Waals surface area contributed by atoms with Crippen LogP contribution in [0.5, 0.6) is 0 Å². The van der Waals surface area contributed by atoms with E-state index in [9.17, 15) is 0 Å². The molecule has 0 aliphatic carbocycles. The predicted molar refractivity (Wildman–Crippen MR) is 67.7 cm³/mol. The number of hydrogen-bond donors (Lipinski definition) is 1. The minimum absolute atomic E-state index is 0.758. The molecule has 0 unspecified atom stereocenters. The van der Waals surface area contributed by atoms with Gasteiger partial charge in [-0.25, -0.2) is 4.98 Å². The van der Waals surface area contributed by atoms with Gasteiger partial charge in [0, 0.05) is 19.3 Å². The van der Waals surface area contributed by atoms with Crippen molar-refractivity contribution in [3.8, 4) is 0 Å². The van der Waals surface area contributed by atoms with Gasteiger partial charge in [0.25, 0.3) is 0 Å². The first-order valence-electron chi connectivity index (χ1n) is 6.30. The van der Waals surface area contributed by atoms with Crippen molar-refractivity contribution in [2.45, 2.75) is 32.1 Å². The molecule has 3 heteroatoms. The van der Waals surface area contributed by atoms with Crippen LogP contribution < -0.4 is 10.6 Å². The van der Waals surface area contributed by atoms with Crippen LogP contribution in [0.15, 0.2) is 18.3 Å². The van der Waals surface area contributed by atoms with Gasteiger partial charge in [0.1, 0.15) is 5.82 Å². The van der Waals surface area contributed by atoms with Gasteiger partial charge in [0.15, 0.2) is 0 Å². The molecule has 3 nitrogen and oxygen atoms in total. The standard InChI is InChI=1S/C13H21N3/c14-8-4-5-12-6-7-13(15-11-12)16-9-2-1-3-10-16/h6-7,11H,1-5,8-10,14H2. The second-order valence-corrected chi connectivity index (χ2v) is 4.46. The van der Waals surface area contributed by atoms with Gasteiger partial charge in [-0.05, 0) is 50.3 Å². The summed E-state index contributed by atoms with van der Waals surface area (Å²) in [5.74, 6) is 1.14. The number of pyridine rings is 1. The molecule has 88 valence electrons. The Labute approximate surface area is 97.7 Å². The van der Waals surface area contributed by atoms with Gasteiger partial charge in [0.05, 0.1) is 0 Å². The summed E-state index contributed by atoms with van der Waals surface area (Å²) in [6, 6.07) is 4.34. The molecule has 2 heterocycles. The van der Waals surface area contributed by atoms with E-state index in [1.165, 1.54) is 24.8 Å². The van der Waals surface area contributed by atoms with Crippen LogP contribution in [0, 0.1) is 0 Å². The zero-order valence-electron chi connectivity index (χ0n) is 9.86. The number of piperidine rings is 1. The summed E-state index contributed by atoms with van der Waals surface area (Å²) in [6.07, 6.45) is 8.06. The maximum Gasteiger partial charge on any atom is 0.128 e. The van der Waals surface area contributed by atoms with Crippen LogP contribution in [-0.4, -0.2) is 24.6 Å². The van der Waals surface area contributed by atoms with Crippen LogP contribution in [0.1, 0.15) is 31.2 Å². The highest BCUT2D eigenvalue weighted by Crippen LogP contribution is 2.17. The number of aromatic nitrogens is 1. The topological polar surface area (TPSA) is 42.1 Å². The molecule has 1 aliphatic heterocycles. The minimum atomic E-state index is 0.758. The average Bonchev–Trinajstić information content (AvgIpc) is 2.38. The maximum absolute atomic E-state index is 5.49. The Kier molecular flexibility index (Phi) is 4.17. The second kappa shape index (κ2) is 5.85. The molecular weight excluding hydrogens is 198 g/mol. The summed E-state index contributed by atoms with van der Waals surface area (Å²) in [5, 5.41) is 0. The van der Waals surface area contributed by atoms with Crippen molar-refractivity contribution in [2.24, 2.45) is 5.73 Å². The molecule has 1 aromatic heterocycles. The van der Waals surface area contributed by atoms with Crippen LogP contribution in [0.2, 0.25) is 0 Å². The molecule has 0 aromatic carbocycles. The summed E-state index contributed by atoms with van der Waals surface area (Å²) < 4.78 is 0. The Bertz CT molecular complexity index is 301. The lowest BCUT2D eigenvalue weighted by Crippen LogP contribution is -2.30. The lowest BCUT2D eigenvalue weighted by Gasteiger charge is -2.27. The predicted octanol–water partition coefficient (Wildman–Crippen LogP) is 1.96. The molecule has 1 saturated heterocycles. The molecule has 0 atom stereocenters. The van der Waals surface area contributed by atoms with Crippen LogP contribution >= 0.6 is 0 Å². The fourth-order valence-corrected chi connectivity index (χ4v) is 2.18. The zero-order chi connectivity index (χ0) is 11.2. The van der Waals surface area contributed by atoms with Crippen molar-refractivity contribution < 1.29 is 0 Å². The smallest absolute Gasteiger partial charge is 0.128 e. The molecule has 2 rings (SSSR count). The Morgan fingerprint density at radius 2 is 2.00 bits per heavy atom. The summed E-state index contributed by atoms with van der Waals surface area (Å²) in [7, 11) is 0. The SMILES string of the molecule is NCCCc1ccc(N2CCCCC2)nc1. The normalized spacial score (nSPS) is 16.4. The highest BCUT2D eigenvalue weighted by atomic mass is 15.2. The molecule has 16 heavy (non-hydrogen) atoms. The first-order chi connectivity index (χ1) is 7.90. The fourth-order valence-electron chi connectivity index (χ4n) is 2.18. The van der Waals surface area contributed by atoms with Crippen LogP contribution in [-0.2, 0) is 6.42 Å². The van der Waals surface area contributed by atoms with E-state index in [0.29, 0.717) is 0 Å². The number of anilines is 1. The largest absolute Gasteiger partial charge is 0.357 e. The number of aryl methyl sites for hydroxylation is 1. The summed E-state index contributed by atoms with van der Waals surface area (Å²) in [5.41, 5.74) is 6.79. The van der Waals surface area contributed by atoms with Crippen LogP contribution in [0.3, 0.4) is 0 Å². The van der Waals surface area contributed by atoms with E-state index < -0.39 is 0 Å². The van der Waals surface area contributed by atoms with Crippen molar-refractivity contribution in [1.82, 2.24) is 4.98 Å². The van der Waals surface area contributed by atoms with Crippen molar-refractivity contribution in [1.29, 1.82) is 0 Å². The Morgan fingerprint density at radius 1 is 1.19 bits per heavy atom. The van der Waals surface area contributed by atoms with Gasteiger partial charge in [0.2, 0.25) is 0 Å². The number of hydrogen-bond acceptors (Lipinski definition) is 3. The monoisotopic (exact) mass is 219 g/mol. The van der Waals surface area contributed by atoms with Crippen LogP contribution in [0.25, 0.3) is 0 Å².